The Morgan fingerprint density at radius 1 is 1.33 bits per heavy atom. The molecule has 0 spiro atoms. The van der Waals surface area contributed by atoms with Gasteiger partial charge in [-0.05, 0) is 37.3 Å². The first-order chi connectivity index (χ1) is 10.1. The van der Waals surface area contributed by atoms with Crippen LogP contribution in [0.4, 0.5) is 10.1 Å². The lowest BCUT2D eigenvalue weighted by Crippen LogP contribution is -2.40. The van der Waals surface area contributed by atoms with E-state index in [4.69, 9.17) is 0 Å². The Balaban J connectivity index is 1.74. The van der Waals surface area contributed by atoms with Gasteiger partial charge < -0.3 is 15.3 Å². The number of hydrogen-bond donors (Lipinski definition) is 2. The summed E-state index contributed by atoms with van der Waals surface area (Å²) in [6.07, 6.45) is 6.22. The predicted molar refractivity (Wildman–Crippen MR) is 82.9 cm³/mol. The third-order valence-corrected chi connectivity index (χ3v) is 4.68. The highest BCUT2D eigenvalue weighted by Gasteiger charge is 2.33. The highest BCUT2D eigenvalue weighted by Crippen LogP contribution is 2.33. The minimum atomic E-state index is -0.655. The number of halogens is 1. The number of anilines is 1. The van der Waals surface area contributed by atoms with Crippen LogP contribution in [0.25, 0.3) is 0 Å². The number of rotatable bonds is 6. The summed E-state index contributed by atoms with van der Waals surface area (Å²) in [4.78, 5) is 1.89. The monoisotopic (exact) mass is 292 g/mol. The molecule has 1 aromatic rings. The van der Waals surface area contributed by atoms with Crippen molar-refractivity contribution in [1.29, 1.82) is 0 Å². The Labute approximate surface area is 126 Å². The van der Waals surface area contributed by atoms with Gasteiger partial charge in [-0.25, -0.2) is 4.39 Å². The van der Waals surface area contributed by atoms with E-state index in [9.17, 15) is 9.50 Å². The maximum Gasteiger partial charge on any atom is 0.146 e. The van der Waals surface area contributed by atoms with Crippen LogP contribution in [0, 0.1) is 5.82 Å². The van der Waals surface area contributed by atoms with Crippen LogP contribution in [0.3, 0.4) is 0 Å². The van der Waals surface area contributed by atoms with E-state index < -0.39 is 5.60 Å². The van der Waals surface area contributed by atoms with Crippen molar-refractivity contribution in [3.05, 3.63) is 29.6 Å². The predicted octanol–water partition coefficient (Wildman–Crippen LogP) is 2.82. The molecule has 2 saturated carbocycles. The van der Waals surface area contributed by atoms with Gasteiger partial charge in [0.25, 0.3) is 0 Å². The molecule has 0 bridgehead atoms. The summed E-state index contributed by atoms with van der Waals surface area (Å²) in [7, 11) is 1.88. The number of benzene rings is 1. The van der Waals surface area contributed by atoms with Gasteiger partial charge in [0.05, 0.1) is 11.3 Å². The van der Waals surface area contributed by atoms with E-state index in [1.807, 2.05) is 18.0 Å². The van der Waals surface area contributed by atoms with Crippen LogP contribution < -0.4 is 10.2 Å². The zero-order valence-corrected chi connectivity index (χ0v) is 12.7. The smallest absolute Gasteiger partial charge is 0.146 e. The summed E-state index contributed by atoms with van der Waals surface area (Å²) in [6, 6.07) is 5.85. The molecule has 0 aromatic heterocycles. The molecule has 21 heavy (non-hydrogen) atoms. The zero-order chi connectivity index (χ0) is 14.9. The van der Waals surface area contributed by atoms with Gasteiger partial charge in [-0.15, -0.1) is 0 Å². The molecule has 2 fully saturated rings. The number of aliphatic hydroxyl groups is 1. The van der Waals surface area contributed by atoms with Gasteiger partial charge in [0, 0.05) is 26.2 Å². The van der Waals surface area contributed by atoms with Crippen LogP contribution >= 0.6 is 0 Å². The van der Waals surface area contributed by atoms with Crippen LogP contribution in [0.2, 0.25) is 0 Å². The molecule has 2 N–H and O–H groups in total. The van der Waals surface area contributed by atoms with Crippen LogP contribution in [-0.2, 0) is 6.54 Å². The van der Waals surface area contributed by atoms with Crippen molar-refractivity contribution in [1.82, 2.24) is 5.32 Å². The molecule has 0 radical (unpaired) electrons. The summed E-state index contributed by atoms with van der Waals surface area (Å²) >= 11 is 0. The average molecular weight is 292 g/mol. The van der Waals surface area contributed by atoms with Crippen LogP contribution in [0.1, 0.15) is 44.1 Å². The maximum atomic E-state index is 14.3. The Hall–Kier alpha value is -1.13. The molecule has 0 atom stereocenters. The molecule has 116 valence electrons. The Morgan fingerprint density at radius 2 is 2.05 bits per heavy atom. The molecule has 1 aromatic carbocycles. The van der Waals surface area contributed by atoms with E-state index in [1.165, 1.54) is 18.9 Å². The van der Waals surface area contributed by atoms with Crippen molar-refractivity contribution < 1.29 is 9.50 Å². The summed E-state index contributed by atoms with van der Waals surface area (Å²) in [5, 5.41) is 14.0. The SMILES string of the molecule is CN(CC1(O)CCCC1)c1c(F)cccc1CNC1CC1. The molecule has 0 aliphatic heterocycles. The van der Waals surface area contributed by atoms with Crippen LogP contribution in [-0.4, -0.2) is 30.3 Å². The Kier molecular flexibility index (Phi) is 4.18. The van der Waals surface area contributed by atoms with Crippen molar-refractivity contribution in [2.75, 3.05) is 18.5 Å². The first kappa shape index (κ1) is 14.8. The molecular formula is C17H25FN2O. The minimum Gasteiger partial charge on any atom is -0.388 e. The van der Waals surface area contributed by atoms with Gasteiger partial charge in [-0.1, -0.05) is 25.0 Å². The summed E-state index contributed by atoms with van der Waals surface area (Å²) in [6.45, 7) is 1.20. The molecule has 4 heteroatoms. The molecule has 0 amide bonds. The normalized spacial score (nSPS) is 20.7. The maximum absolute atomic E-state index is 14.3. The van der Waals surface area contributed by atoms with Crippen molar-refractivity contribution in [2.45, 2.75) is 56.7 Å². The van der Waals surface area contributed by atoms with E-state index >= 15 is 0 Å². The molecule has 3 rings (SSSR count). The third-order valence-electron chi connectivity index (χ3n) is 4.68. The van der Waals surface area contributed by atoms with Gasteiger partial charge in [0.1, 0.15) is 5.82 Å². The quantitative estimate of drug-likeness (QED) is 0.846. The molecule has 0 unspecified atom stereocenters. The molecule has 0 heterocycles. The van der Waals surface area contributed by atoms with E-state index in [0.29, 0.717) is 24.8 Å². The second-order valence-electron chi connectivity index (χ2n) is 6.69. The topological polar surface area (TPSA) is 35.5 Å². The number of para-hydroxylation sites is 1. The van der Waals surface area contributed by atoms with E-state index in [1.54, 1.807) is 6.07 Å². The van der Waals surface area contributed by atoms with Gasteiger partial charge in [-0.3, -0.25) is 0 Å². The summed E-state index contributed by atoms with van der Waals surface area (Å²) in [5.41, 5.74) is 0.954. The fourth-order valence-electron chi connectivity index (χ4n) is 3.38. The number of nitrogens with zero attached hydrogens (tertiary/aromatic N) is 1. The number of hydrogen-bond acceptors (Lipinski definition) is 3. The molecular weight excluding hydrogens is 267 g/mol. The standard InChI is InChI=1S/C17H25FN2O/c1-20(12-17(21)9-2-3-10-17)16-13(5-4-6-15(16)18)11-19-14-7-8-14/h4-6,14,19,21H,2-3,7-12H2,1H3. The van der Waals surface area contributed by atoms with Crippen molar-refractivity contribution in [3.8, 4) is 0 Å². The second-order valence-corrected chi connectivity index (χ2v) is 6.69. The Bertz CT molecular complexity index is 496. The zero-order valence-electron chi connectivity index (χ0n) is 12.7. The highest BCUT2D eigenvalue weighted by atomic mass is 19.1. The molecule has 2 aliphatic carbocycles. The van der Waals surface area contributed by atoms with Crippen molar-refractivity contribution >= 4 is 5.69 Å². The number of nitrogens with one attached hydrogen (secondary N) is 1. The first-order valence-electron chi connectivity index (χ1n) is 8.02. The summed E-state index contributed by atoms with van der Waals surface area (Å²) < 4.78 is 14.3. The highest BCUT2D eigenvalue weighted by molar-refractivity contribution is 5.54. The van der Waals surface area contributed by atoms with Crippen LogP contribution in [0.5, 0.6) is 0 Å². The lowest BCUT2D eigenvalue weighted by atomic mass is 10.0. The van der Waals surface area contributed by atoms with Gasteiger partial charge >= 0.3 is 0 Å². The first-order valence-corrected chi connectivity index (χ1v) is 8.02. The van der Waals surface area contributed by atoms with Gasteiger partial charge in [-0.2, -0.15) is 0 Å². The molecule has 2 aliphatic rings. The van der Waals surface area contributed by atoms with E-state index in [0.717, 1.165) is 31.2 Å². The fraction of sp³-hybridized carbons (Fsp3) is 0.647. The second kappa shape index (κ2) is 5.93. The van der Waals surface area contributed by atoms with Crippen molar-refractivity contribution in [2.24, 2.45) is 0 Å². The summed E-state index contributed by atoms with van der Waals surface area (Å²) in [5.74, 6) is -0.200. The lowest BCUT2D eigenvalue weighted by molar-refractivity contribution is 0.0558. The molecule has 3 nitrogen and oxygen atoms in total. The fourth-order valence-corrected chi connectivity index (χ4v) is 3.38. The Morgan fingerprint density at radius 3 is 2.71 bits per heavy atom. The lowest BCUT2D eigenvalue weighted by Gasteiger charge is -2.31. The van der Waals surface area contributed by atoms with Crippen molar-refractivity contribution in [3.63, 3.8) is 0 Å². The largest absolute Gasteiger partial charge is 0.388 e. The average Bonchev–Trinajstić information content (AvgIpc) is 3.17. The number of likely N-dealkylation sites (N-methyl/N-ethyl adjacent to an activating group) is 1. The minimum absolute atomic E-state index is 0.200. The van der Waals surface area contributed by atoms with Crippen LogP contribution in [0.15, 0.2) is 18.2 Å². The van der Waals surface area contributed by atoms with Gasteiger partial charge in [0.2, 0.25) is 0 Å². The van der Waals surface area contributed by atoms with Gasteiger partial charge in [0.15, 0.2) is 0 Å². The molecule has 0 saturated heterocycles. The van der Waals surface area contributed by atoms with E-state index in [2.05, 4.69) is 5.32 Å². The van der Waals surface area contributed by atoms with E-state index in [-0.39, 0.29) is 5.82 Å². The third kappa shape index (κ3) is 3.55.